The standard InChI is InChI=1S/C12H9Br5O2/c1-7(13)19-11(18)9(10(14)15)12(16,17)8-5-3-2-4-6-8/h2-7H,1H3. The second kappa shape index (κ2) is 7.73. The Morgan fingerprint density at radius 1 is 1.21 bits per heavy atom. The molecule has 0 fully saturated rings. The second-order valence-electron chi connectivity index (χ2n) is 3.52. The molecule has 7 heteroatoms. The third-order valence-electron chi connectivity index (χ3n) is 2.11. The van der Waals surface area contributed by atoms with Gasteiger partial charge in [-0.25, -0.2) is 4.79 Å². The monoisotopic (exact) mass is 580 g/mol. The Morgan fingerprint density at radius 2 is 1.74 bits per heavy atom. The summed E-state index contributed by atoms with van der Waals surface area (Å²) in [6, 6.07) is 9.50. The molecule has 1 aromatic carbocycles. The zero-order chi connectivity index (χ0) is 14.6. The first-order valence-electron chi connectivity index (χ1n) is 5.11. The summed E-state index contributed by atoms with van der Waals surface area (Å²) < 4.78 is 4.85. The van der Waals surface area contributed by atoms with Crippen LogP contribution >= 0.6 is 79.6 Å². The lowest BCUT2D eigenvalue weighted by Crippen LogP contribution is -2.23. The maximum Gasteiger partial charge on any atom is 0.339 e. The zero-order valence-electron chi connectivity index (χ0n) is 9.67. The molecular weight excluding hydrogens is 576 g/mol. The van der Waals surface area contributed by atoms with Crippen molar-refractivity contribution in [3.8, 4) is 0 Å². The van der Waals surface area contributed by atoms with Crippen LogP contribution in [-0.4, -0.2) is 11.0 Å². The molecule has 1 unspecified atom stereocenters. The van der Waals surface area contributed by atoms with Gasteiger partial charge in [-0.2, -0.15) is 0 Å². The molecule has 0 saturated carbocycles. The summed E-state index contributed by atoms with van der Waals surface area (Å²) in [5, 5.41) is -0.374. The van der Waals surface area contributed by atoms with Crippen molar-refractivity contribution in [2.45, 2.75) is 15.2 Å². The number of hydrogen-bond acceptors (Lipinski definition) is 2. The molecule has 19 heavy (non-hydrogen) atoms. The van der Waals surface area contributed by atoms with Gasteiger partial charge in [-0.05, 0) is 60.3 Å². The number of alkyl halides is 3. The van der Waals surface area contributed by atoms with E-state index in [1.807, 2.05) is 30.3 Å². The van der Waals surface area contributed by atoms with Gasteiger partial charge < -0.3 is 4.74 Å². The predicted molar refractivity (Wildman–Crippen MR) is 95.3 cm³/mol. The van der Waals surface area contributed by atoms with Crippen molar-refractivity contribution in [2.75, 3.05) is 0 Å². The van der Waals surface area contributed by atoms with Crippen molar-refractivity contribution >= 4 is 85.6 Å². The molecule has 0 aromatic heterocycles. The van der Waals surface area contributed by atoms with Gasteiger partial charge in [0.2, 0.25) is 0 Å². The molecule has 0 aliphatic rings. The van der Waals surface area contributed by atoms with E-state index in [4.69, 9.17) is 4.74 Å². The Bertz CT molecular complexity index is 478. The summed E-state index contributed by atoms with van der Waals surface area (Å²) in [5.41, 5.74) is 1.26. The van der Waals surface area contributed by atoms with E-state index in [-0.39, 0.29) is 5.01 Å². The molecule has 0 N–H and O–H groups in total. The lowest BCUT2D eigenvalue weighted by atomic mass is 10.1. The van der Waals surface area contributed by atoms with E-state index in [1.165, 1.54) is 0 Å². The van der Waals surface area contributed by atoms with Crippen LogP contribution in [0, 0.1) is 0 Å². The molecule has 0 aliphatic carbocycles. The molecule has 104 valence electrons. The van der Waals surface area contributed by atoms with E-state index in [0.717, 1.165) is 5.56 Å². The highest BCUT2D eigenvalue weighted by molar-refractivity contribution is 9.28. The van der Waals surface area contributed by atoms with E-state index in [0.29, 0.717) is 8.96 Å². The van der Waals surface area contributed by atoms with Crippen LogP contribution in [0.4, 0.5) is 0 Å². The number of rotatable bonds is 4. The van der Waals surface area contributed by atoms with Crippen LogP contribution in [-0.2, 0) is 12.8 Å². The van der Waals surface area contributed by atoms with Gasteiger partial charge in [0, 0.05) is 0 Å². The number of carbonyl (C=O) groups is 1. The third kappa shape index (κ3) is 4.95. The molecule has 1 atom stereocenters. The van der Waals surface area contributed by atoms with E-state index in [2.05, 4.69) is 79.6 Å². The van der Waals surface area contributed by atoms with Crippen LogP contribution in [0.2, 0.25) is 0 Å². The van der Waals surface area contributed by atoms with Crippen LogP contribution in [0.1, 0.15) is 12.5 Å². The maximum absolute atomic E-state index is 12.2. The zero-order valence-corrected chi connectivity index (χ0v) is 17.6. The molecule has 2 nitrogen and oxygen atoms in total. The van der Waals surface area contributed by atoms with Gasteiger partial charge in [0.15, 0.2) is 5.01 Å². The highest BCUT2D eigenvalue weighted by Gasteiger charge is 2.38. The summed E-state index contributed by atoms with van der Waals surface area (Å²) in [4.78, 5) is 12.2. The summed E-state index contributed by atoms with van der Waals surface area (Å²) >= 11 is 16.8. The van der Waals surface area contributed by atoms with Crippen LogP contribution < -0.4 is 0 Å². The van der Waals surface area contributed by atoms with Crippen molar-refractivity contribution in [3.63, 3.8) is 0 Å². The first kappa shape index (κ1) is 17.9. The first-order chi connectivity index (χ1) is 8.76. The van der Waals surface area contributed by atoms with Crippen LogP contribution in [0.3, 0.4) is 0 Å². The quantitative estimate of drug-likeness (QED) is 0.250. The van der Waals surface area contributed by atoms with Gasteiger partial charge in [-0.1, -0.05) is 62.2 Å². The number of benzene rings is 1. The second-order valence-corrected chi connectivity index (χ2v) is 10.9. The third-order valence-corrected chi connectivity index (χ3v) is 4.80. The normalized spacial score (nSPS) is 12.7. The van der Waals surface area contributed by atoms with E-state index in [1.54, 1.807) is 6.92 Å². The largest absolute Gasteiger partial charge is 0.448 e. The Hall–Kier alpha value is 0.830. The molecule has 0 spiro atoms. The first-order valence-corrected chi connectivity index (χ1v) is 9.19. The summed E-state index contributed by atoms with van der Waals surface area (Å²) in [6.45, 7) is 1.73. The summed E-state index contributed by atoms with van der Waals surface area (Å²) in [5.74, 6) is -0.453. The summed E-state index contributed by atoms with van der Waals surface area (Å²) in [7, 11) is 0. The predicted octanol–water partition coefficient (Wildman–Crippen LogP) is 5.91. The molecular formula is C12H9Br5O2. The topological polar surface area (TPSA) is 26.3 Å². The Kier molecular flexibility index (Phi) is 7.27. The molecule has 0 bridgehead atoms. The van der Waals surface area contributed by atoms with Gasteiger partial charge >= 0.3 is 5.97 Å². The van der Waals surface area contributed by atoms with Crippen molar-refractivity contribution in [1.29, 1.82) is 0 Å². The Labute approximate surface area is 154 Å². The minimum Gasteiger partial charge on any atom is -0.448 e. The van der Waals surface area contributed by atoms with Crippen molar-refractivity contribution < 1.29 is 9.53 Å². The van der Waals surface area contributed by atoms with Crippen molar-refractivity contribution in [3.05, 3.63) is 44.9 Å². The lowest BCUT2D eigenvalue weighted by Gasteiger charge is -2.24. The lowest BCUT2D eigenvalue weighted by molar-refractivity contribution is -0.139. The fourth-order valence-corrected chi connectivity index (χ4v) is 4.72. The number of carbonyl (C=O) groups excluding carboxylic acids is 1. The maximum atomic E-state index is 12.2. The Balaban J connectivity index is 3.21. The molecule has 0 radical (unpaired) electrons. The fraction of sp³-hybridized carbons (Fsp3) is 0.250. The van der Waals surface area contributed by atoms with Crippen LogP contribution in [0.5, 0.6) is 0 Å². The van der Waals surface area contributed by atoms with Gasteiger partial charge in [-0.3, -0.25) is 0 Å². The average Bonchev–Trinajstić information content (AvgIpc) is 2.28. The summed E-state index contributed by atoms with van der Waals surface area (Å²) in [6.07, 6.45) is 0. The van der Waals surface area contributed by atoms with Gasteiger partial charge in [-0.15, -0.1) is 0 Å². The van der Waals surface area contributed by atoms with Gasteiger partial charge in [0.25, 0.3) is 0 Å². The molecule has 0 amide bonds. The molecule has 0 heterocycles. The van der Waals surface area contributed by atoms with Crippen LogP contribution in [0.15, 0.2) is 39.3 Å². The van der Waals surface area contributed by atoms with Gasteiger partial charge in [0.05, 0.1) is 8.96 Å². The van der Waals surface area contributed by atoms with Crippen molar-refractivity contribution in [2.24, 2.45) is 0 Å². The molecule has 1 aromatic rings. The Morgan fingerprint density at radius 3 is 2.16 bits per heavy atom. The van der Waals surface area contributed by atoms with Gasteiger partial charge in [0.1, 0.15) is 3.23 Å². The smallest absolute Gasteiger partial charge is 0.339 e. The van der Waals surface area contributed by atoms with Crippen molar-refractivity contribution in [1.82, 2.24) is 0 Å². The highest BCUT2D eigenvalue weighted by Crippen LogP contribution is 2.48. The fourth-order valence-electron chi connectivity index (χ4n) is 1.32. The average molecular weight is 585 g/mol. The molecule has 0 saturated heterocycles. The SMILES string of the molecule is CC(Br)OC(=O)C(=C(Br)Br)C(Br)(Br)c1ccccc1. The molecule has 1 rings (SSSR count). The van der Waals surface area contributed by atoms with Crippen LogP contribution in [0.25, 0.3) is 0 Å². The number of esters is 1. The number of ether oxygens (including phenoxy) is 1. The van der Waals surface area contributed by atoms with E-state index < -0.39 is 9.20 Å². The van der Waals surface area contributed by atoms with E-state index >= 15 is 0 Å². The number of hydrogen-bond donors (Lipinski definition) is 0. The minimum absolute atomic E-state index is 0.374. The molecule has 0 aliphatic heterocycles. The number of halogens is 5. The highest BCUT2D eigenvalue weighted by atomic mass is 79.9. The minimum atomic E-state index is -0.845. The van der Waals surface area contributed by atoms with E-state index in [9.17, 15) is 4.79 Å².